The Morgan fingerprint density at radius 3 is 2.29 bits per heavy atom. The van der Waals surface area contributed by atoms with Gasteiger partial charge < -0.3 is 15.2 Å². The first kappa shape index (κ1) is 26.5. The van der Waals surface area contributed by atoms with Gasteiger partial charge in [0, 0.05) is 17.8 Å². The zero-order chi connectivity index (χ0) is 25.7. The number of carbonyl (C=O) groups is 2. The largest absolute Gasteiger partial charge is 0.342 e. The third kappa shape index (κ3) is 6.51. The average Bonchev–Trinajstić information content (AvgIpc) is 3.20. The zero-order valence-corrected chi connectivity index (χ0v) is 22.4. The van der Waals surface area contributed by atoms with Gasteiger partial charge in [-0.15, -0.1) is 10.2 Å². The highest BCUT2D eigenvalue weighted by Crippen LogP contribution is 2.27. The van der Waals surface area contributed by atoms with E-state index in [2.05, 4.69) is 33.0 Å². The lowest BCUT2D eigenvalue weighted by molar-refractivity contribution is -0.113. The Hall–Kier alpha value is -3.13. The van der Waals surface area contributed by atoms with Crippen molar-refractivity contribution in [3.8, 4) is 0 Å². The van der Waals surface area contributed by atoms with Gasteiger partial charge in [-0.05, 0) is 63.8 Å². The van der Waals surface area contributed by atoms with Crippen molar-refractivity contribution in [2.24, 2.45) is 5.92 Å². The molecule has 0 aliphatic carbocycles. The van der Waals surface area contributed by atoms with Crippen LogP contribution in [0.4, 0.5) is 5.69 Å². The molecule has 35 heavy (non-hydrogen) atoms. The third-order valence-corrected chi connectivity index (χ3v) is 6.81. The monoisotopic (exact) mass is 493 g/mol. The van der Waals surface area contributed by atoms with Gasteiger partial charge in [0.2, 0.25) is 5.91 Å². The van der Waals surface area contributed by atoms with E-state index in [1.165, 1.54) is 17.3 Å². The lowest BCUT2D eigenvalue weighted by atomic mass is 10.0. The van der Waals surface area contributed by atoms with Gasteiger partial charge in [0.15, 0.2) is 11.0 Å². The van der Waals surface area contributed by atoms with Crippen molar-refractivity contribution in [2.45, 2.75) is 66.2 Å². The quantitative estimate of drug-likeness (QED) is 0.390. The van der Waals surface area contributed by atoms with Crippen LogP contribution < -0.4 is 10.6 Å². The van der Waals surface area contributed by atoms with Gasteiger partial charge >= 0.3 is 0 Å². The Kier molecular flexibility index (Phi) is 8.72. The summed E-state index contributed by atoms with van der Waals surface area (Å²) in [5, 5.41) is 15.6. The van der Waals surface area contributed by atoms with Crippen LogP contribution in [0, 0.1) is 33.6 Å². The first-order valence-electron chi connectivity index (χ1n) is 11.9. The number of aryl methyl sites for hydroxylation is 4. The van der Waals surface area contributed by atoms with E-state index >= 15 is 0 Å². The molecule has 0 fully saturated rings. The maximum Gasteiger partial charge on any atom is 0.251 e. The molecule has 0 aliphatic rings. The van der Waals surface area contributed by atoms with E-state index in [0.29, 0.717) is 23.1 Å². The van der Waals surface area contributed by atoms with Crippen LogP contribution in [0.5, 0.6) is 0 Å². The smallest absolute Gasteiger partial charge is 0.251 e. The fourth-order valence-electron chi connectivity index (χ4n) is 4.16. The van der Waals surface area contributed by atoms with Crippen molar-refractivity contribution in [1.82, 2.24) is 20.1 Å². The van der Waals surface area contributed by atoms with Gasteiger partial charge in [0.25, 0.3) is 5.91 Å². The summed E-state index contributed by atoms with van der Waals surface area (Å²) in [7, 11) is 0. The fraction of sp³-hybridized carbons (Fsp3) is 0.407. The van der Waals surface area contributed by atoms with Crippen LogP contribution in [-0.2, 0) is 11.3 Å². The molecule has 1 aromatic heterocycles. The molecular weight excluding hydrogens is 458 g/mol. The predicted molar refractivity (Wildman–Crippen MR) is 142 cm³/mol. The second kappa shape index (κ2) is 11.5. The van der Waals surface area contributed by atoms with Gasteiger partial charge in [-0.3, -0.25) is 9.59 Å². The van der Waals surface area contributed by atoms with Crippen LogP contribution >= 0.6 is 11.8 Å². The van der Waals surface area contributed by atoms with Gasteiger partial charge in [-0.2, -0.15) is 0 Å². The van der Waals surface area contributed by atoms with Crippen molar-refractivity contribution in [3.63, 3.8) is 0 Å². The van der Waals surface area contributed by atoms with Crippen LogP contribution in [0.2, 0.25) is 0 Å². The molecule has 3 aromatic rings. The van der Waals surface area contributed by atoms with Gasteiger partial charge in [-0.1, -0.05) is 61.0 Å². The van der Waals surface area contributed by atoms with E-state index in [1.807, 2.05) is 77.3 Å². The summed E-state index contributed by atoms with van der Waals surface area (Å²) in [5.74, 6) is 0.775. The SMILES string of the molecule is CCn1c(SCC(=O)Nc2c(C)cc(C)cc2C)nnc1[C@H](NC(=O)c1cccc(C)c1)C(C)C. The minimum absolute atomic E-state index is 0.0922. The van der Waals surface area contributed by atoms with Gasteiger partial charge in [0.1, 0.15) is 0 Å². The van der Waals surface area contributed by atoms with Gasteiger partial charge in [-0.25, -0.2) is 0 Å². The van der Waals surface area contributed by atoms with Crippen LogP contribution in [0.25, 0.3) is 0 Å². The first-order chi connectivity index (χ1) is 16.6. The Morgan fingerprint density at radius 1 is 1.00 bits per heavy atom. The average molecular weight is 494 g/mol. The molecule has 0 saturated carbocycles. The summed E-state index contributed by atoms with van der Waals surface area (Å²) in [4.78, 5) is 25.6. The molecule has 2 aromatic carbocycles. The molecular formula is C27H35N5O2S. The minimum atomic E-state index is -0.309. The summed E-state index contributed by atoms with van der Waals surface area (Å²) in [6.07, 6.45) is 0. The topological polar surface area (TPSA) is 88.9 Å². The number of nitrogens with one attached hydrogen (secondary N) is 2. The summed E-state index contributed by atoms with van der Waals surface area (Å²) in [5.41, 5.74) is 5.77. The molecule has 0 unspecified atom stereocenters. The number of rotatable bonds is 9. The molecule has 1 heterocycles. The van der Waals surface area contributed by atoms with Crippen molar-refractivity contribution in [3.05, 3.63) is 70.0 Å². The summed E-state index contributed by atoms with van der Waals surface area (Å²) in [6, 6.07) is 11.3. The van der Waals surface area contributed by atoms with Crippen LogP contribution in [0.1, 0.15) is 65.2 Å². The first-order valence-corrected chi connectivity index (χ1v) is 12.9. The van der Waals surface area contributed by atoms with Crippen LogP contribution in [0.3, 0.4) is 0 Å². The van der Waals surface area contributed by atoms with E-state index in [1.54, 1.807) is 0 Å². The van der Waals surface area contributed by atoms with Crippen molar-refractivity contribution >= 4 is 29.3 Å². The number of nitrogens with zero attached hydrogens (tertiary/aromatic N) is 3. The van der Waals surface area contributed by atoms with Crippen molar-refractivity contribution in [1.29, 1.82) is 0 Å². The number of aromatic nitrogens is 3. The Balaban J connectivity index is 1.73. The molecule has 0 radical (unpaired) electrons. The van der Waals surface area contributed by atoms with E-state index in [4.69, 9.17) is 0 Å². The number of hydrogen-bond donors (Lipinski definition) is 2. The van der Waals surface area contributed by atoms with E-state index in [0.717, 1.165) is 22.4 Å². The zero-order valence-electron chi connectivity index (χ0n) is 21.6. The highest BCUT2D eigenvalue weighted by atomic mass is 32.2. The molecule has 2 amide bonds. The fourth-order valence-corrected chi connectivity index (χ4v) is 4.97. The number of benzene rings is 2. The molecule has 0 aliphatic heterocycles. The third-order valence-electron chi connectivity index (χ3n) is 5.85. The highest BCUT2D eigenvalue weighted by molar-refractivity contribution is 7.99. The molecule has 186 valence electrons. The Morgan fingerprint density at radius 2 is 1.69 bits per heavy atom. The number of anilines is 1. The van der Waals surface area contributed by atoms with Crippen molar-refractivity contribution in [2.75, 3.05) is 11.1 Å². The molecule has 1 atom stereocenters. The summed E-state index contributed by atoms with van der Waals surface area (Å²) in [6.45, 7) is 14.7. The summed E-state index contributed by atoms with van der Waals surface area (Å²) < 4.78 is 1.97. The van der Waals surface area contributed by atoms with Crippen molar-refractivity contribution < 1.29 is 9.59 Å². The molecule has 0 bridgehead atoms. The molecule has 7 nitrogen and oxygen atoms in total. The van der Waals surface area contributed by atoms with Crippen LogP contribution in [-0.4, -0.2) is 32.3 Å². The Labute approximate surface area is 212 Å². The number of carbonyl (C=O) groups excluding carboxylic acids is 2. The van der Waals surface area contributed by atoms with Crippen LogP contribution in [0.15, 0.2) is 41.6 Å². The lowest BCUT2D eigenvalue weighted by Gasteiger charge is -2.22. The second-order valence-electron chi connectivity index (χ2n) is 9.26. The summed E-state index contributed by atoms with van der Waals surface area (Å²) >= 11 is 1.35. The maximum absolute atomic E-state index is 12.9. The molecule has 3 rings (SSSR count). The van der Waals surface area contributed by atoms with E-state index in [9.17, 15) is 9.59 Å². The minimum Gasteiger partial charge on any atom is -0.342 e. The Bertz CT molecular complexity index is 1200. The van der Waals surface area contributed by atoms with E-state index < -0.39 is 0 Å². The standard InChI is InChI=1S/C27H35N5O2S/c1-8-32-25(23(16(2)3)29-26(34)21-11-9-10-17(4)14-21)30-31-27(32)35-15-22(33)28-24-19(6)12-18(5)13-20(24)7/h9-14,16,23H,8,15H2,1-7H3,(H,28,33)(H,29,34)/t23-/m1/s1. The highest BCUT2D eigenvalue weighted by Gasteiger charge is 2.26. The normalized spacial score (nSPS) is 12.0. The molecule has 2 N–H and O–H groups in total. The number of amides is 2. The number of thioether (sulfide) groups is 1. The second-order valence-corrected chi connectivity index (χ2v) is 10.2. The van der Waals surface area contributed by atoms with E-state index in [-0.39, 0.29) is 29.5 Å². The molecule has 0 spiro atoms. The lowest BCUT2D eigenvalue weighted by Crippen LogP contribution is -2.33. The predicted octanol–water partition coefficient (Wildman–Crippen LogP) is 5.39. The number of hydrogen-bond acceptors (Lipinski definition) is 5. The molecule has 0 saturated heterocycles. The van der Waals surface area contributed by atoms with Gasteiger partial charge in [0.05, 0.1) is 11.8 Å². The maximum atomic E-state index is 12.9. The molecule has 8 heteroatoms.